The van der Waals surface area contributed by atoms with E-state index in [1.165, 1.54) is 7.11 Å². The highest BCUT2D eigenvalue weighted by Crippen LogP contribution is 2.28. The van der Waals surface area contributed by atoms with Gasteiger partial charge >= 0.3 is 5.97 Å². The minimum absolute atomic E-state index is 0.165. The van der Waals surface area contributed by atoms with Crippen molar-refractivity contribution < 1.29 is 24.2 Å². The lowest BCUT2D eigenvalue weighted by molar-refractivity contribution is 0.0696. The van der Waals surface area contributed by atoms with E-state index in [9.17, 15) is 9.59 Å². The molecule has 0 atom stereocenters. The molecule has 6 heteroatoms. The van der Waals surface area contributed by atoms with Crippen molar-refractivity contribution in [2.24, 2.45) is 0 Å². The van der Waals surface area contributed by atoms with Crippen molar-refractivity contribution in [3.05, 3.63) is 58.7 Å². The van der Waals surface area contributed by atoms with Crippen molar-refractivity contribution in [2.45, 2.75) is 13.0 Å². The number of methoxy groups -OCH3 is 2. The molecule has 0 saturated carbocycles. The van der Waals surface area contributed by atoms with Crippen LogP contribution in [0.15, 0.2) is 36.4 Å². The minimum Gasteiger partial charge on any atom is -0.497 e. The van der Waals surface area contributed by atoms with Gasteiger partial charge in [-0.15, -0.1) is 0 Å². The molecule has 1 N–H and O–H groups in total. The highest BCUT2D eigenvalue weighted by molar-refractivity contribution is 5.97. The van der Waals surface area contributed by atoms with E-state index < -0.39 is 5.97 Å². The van der Waals surface area contributed by atoms with E-state index >= 15 is 0 Å². The number of rotatable bonds is 4. The molecule has 25 heavy (non-hydrogen) atoms. The van der Waals surface area contributed by atoms with Crippen LogP contribution in [0.3, 0.4) is 0 Å². The summed E-state index contributed by atoms with van der Waals surface area (Å²) in [5.74, 6) is -0.0755. The third-order valence-electron chi connectivity index (χ3n) is 4.39. The lowest BCUT2D eigenvalue weighted by atomic mass is 9.96. The Hall–Kier alpha value is -3.02. The smallest absolute Gasteiger partial charge is 0.335 e. The summed E-state index contributed by atoms with van der Waals surface area (Å²) < 4.78 is 10.5. The number of aromatic carboxylic acids is 1. The summed E-state index contributed by atoms with van der Waals surface area (Å²) in [6.45, 7) is 0.939. The molecule has 0 aromatic heterocycles. The number of hydrogen-bond donors (Lipinski definition) is 1. The van der Waals surface area contributed by atoms with Gasteiger partial charge in [0.2, 0.25) is 0 Å². The quantitative estimate of drug-likeness (QED) is 0.925. The van der Waals surface area contributed by atoms with E-state index in [0.29, 0.717) is 36.6 Å². The molecule has 0 fully saturated rings. The number of carboxylic acid groups (broad SMARTS) is 1. The van der Waals surface area contributed by atoms with Gasteiger partial charge in [0, 0.05) is 13.1 Å². The van der Waals surface area contributed by atoms with Gasteiger partial charge in [0.1, 0.15) is 11.5 Å². The molecule has 0 aliphatic carbocycles. The van der Waals surface area contributed by atoms with Crippen LogP contribution in [-0.2, 0) is 13.0 Å². The average Bonchev–Trinajstić information content (AvgIpc) is 2.65. The van der Waals surface area contributed by atoms with Gasteiger partial charge in [-0.25, -0.2) is 4.79 Å². The average molecular weight is 341 g/mol. The maximum absolute atomic E-state index is 13.0. The first-order chi connectivity index (χ1) is 12.0. The highest BCUT2D eigenvalue weighted by Gasteiger charge is 2.25. The second kappa shape index (κ2) is 6.84. The van der Waals surface area contributed by atoms with E-state index in [4.69, 9.17) is 14.6 Å². The van der Waals surface area contributed by atoms with Gasteiger partial charge in [0.05, 0.1) is 25.3 Å². The molecule has 0 spiro atoms. The van der Waals surface area contributed by atoms with Crippen LogP contribution in [0, 0.1) is 0 Å². The number of carboxylic acids is 1. The zero-order valence-corrected chi connectivity index (χ0v) is 14.1. The number of benzene rings is 2. The van der Waals surface area contributed by atoms with Crippen LogP contribution in [0.5, 0.6) is 11.5 Å². The first-order valence-corrected chi connectivity index (χ1v) is 7.90. The maximum Gasteiger partial charge on any atom is 0.335 e. The molecule has 2 aromatic carbocycles. The van der Waals surface area contributed by atoms with Crippen molar-refractivity contribution in [3.63, 3.8) is 0 Å². The van der Waals surface area contributed by atoms with Gasteiger partial charge in [-0.1, -0.05) is 6.07 Å². The molecule has 1 heterocycles. The van der Waals surface area contributed by atoms with Crippen LogP contribution in [0.4, 0.5) is 0 Å². The van der Waals surface area contributed by atoms with Crippen molar-refractivity contribution in [1.82, 2.24) is 4.90 Å². The summed E-state index contributed by atoms with van der Waals surface area (Å²) in [5.41, 5.74) is 2.60. The molecule has 0 bridgehead atoms. The van der Waals surface area contributed by atoms with Crippen molar-refractivity contribution in [2.75, 3.05) is 20.8 Å². The monoisotopic (exact) mass is 341 g/mol. The van der Waals surface area contributed by atoms with Crippen LogP contribution in [0.1, 0.15) is 31.8 Å². The van der Waals surface area contributed by atoms with E-state index in [1.54, 1.807) is 42.3 Å². The molecular weight excluding hydrogens is 322 g/mol. The van der Waals surface area contributed by atoms with Crippen molar-refractivity contribution in [3.8, 4) is 11.5 Å². The first kappa shape index (κ1) is 16.8. The van der Waals surface area contributed by atoms with Gasteiger partial charge in [-0.3, -0.25) is 4.79 Å². The van der Waals surface area contributed by atoms with Gasteiger partial charge in [0.25, 0.3) is 5.91 Å². The minimum atomic E-state index is -0.972. The Morgan fingerprint density at radius 3 is 2.52 bits per heavy atom. The summed E-state index contributed by atoms with van der Waals surface area (Å²) in [6.07, 6.45) is 0.688. The van der Waals surface area contributed by atoms with Crippen molar-refractivity contribution in [1.29, 1.82) is 0 Å². The molecular formula is C19H19NO5. The SMILES string of the molecule is COc1ccc(OC)c(C(=O)N2CCc3ccc(C(=O)O)cc3C2)c1. The fraction of sp³-hybridized carbons (Fsp3) is 0.263. The lowest BCUT2D eigenvalue weighted by Crippen LogP contribution is -2.36. The Bertz CT molecular complexity index is 831. The molecule has 0 saturated heterocycles. The summed E-state index contributed by atoms with van der Waals surface area (Å²) >= 11 is 0. The summed E-state index contributed by atoms with van der Waals surface area (Å²) in [6, 6.07) is 10.2. The fourth-order valence-corrected chi connectivity index (χ4v) is 3.02. The number of amides is 1. The molecule has 0 radical (unpaired) electrons. The van der Waals surface area contributed by atoms with E-state index in [1.807, 2.05) is 6.07 Å². The van der Waals surface area contributed by atoms with Crippen LogP contribution >= 0.6 is 0 Å². The number of carbonyl (C=O) groups excluding carboxylic acids is 1. The summed E-state index contributed by atoms with van der Waals surface area (Å²) in [7, 11) is 3.06. The second-order valence-corrected chi connectivity index (χ2v) is 5.83. The fourth-order valence-electron chi connectivity index (χ4n) is 3.02. The van der Waals surface area contributed by atoms with E-state index in [-0.39, 0.29) is 11.5 Å². The zero-order chi connectivity index (χ0) is 18.0. The topological polar surface area (TPSA) is 76.1 Å². The third kappa shape index (κ3) is 3.28. The predicted octanol–water partition coefficient (Wildman–Crippen LogP) is 2.60. The number of fused-ring (bicyclic) bond motifs is 1. The Morgan fingerprint density at radius 2 is 1.84 bits per heavy atom. The van der Waals surface area contributed by atoms with Crippen molar-refractivity contribution >= 4 is 11.9 Å². The Kier molecular flexibility index (Phi) is 4.61. The van der Waals surface area contributed by atoms with Gasteiger partial charge in [-0.2, -0.15) is 0 Å². The Labute approximate surface area is 145 Å². The number of nitrogens with zero attached hydrogens (tertiary/aromatic N) is 1. The Balaban J connectivity index is 1.90. The number of carbonyl (C=O) groups is 2. The summed E-state index contributed by atoms with van der Waals surface area (Å²) in [5, 5.41) is 9.15. The molecule has 6 nitrogen and oxygen atoms in total. The molecule has 3 rings (SSSR count). The predicted molar refractivity (Wildman–Crippen MR) is 91.4 cm³/mol. The standard InChI is InChI=1S/C19H19NO5/c1-24-15-5-6-17(25-2)16(10-15)18(21)20-8-7-12-3-4-13(19(22)23)9-14(12)11-20/h3-6,9-10H,7-8,11H2,1-2H3,(H,22,23). The molecule has 1 aliphatic heterocycles. The number of hydrogen-bond acceptors (Lipinski definition) is 4. The van der Waals surface area contributed by atoms with Crippen LogP contribution < -0.4 is 9.47 Å². The molecule has 2 aromatic rings. The second-order valence-electron chi connectivity index (χ2n) is 5.83. The Morgan fingerprint density at radius 1 is 1.04 bits per heavy atom. The summed E-state index contributed by atoms with van der Waals surface area (Å²) in [4.78, 5) is 25.8. The molecule has 1 amide bonds. The first-order valence-electron chi connectivity index (χ1n) is 7.90. The van der Waals surface area contributed by atoms with Gasteiger partial charge < -0.3 is 19.5 Å². The zero-order valence-electron chi connectivity index (χ0n) is 14.1. The van der Waals surface area contributed by atoms with Gasteiger partial charge in [-0.05, 0) is 47.9 Å². The highest BCUT2D eigenvalue weighted by atomic mass is 16.5. The third-order valence-corrected chi connectivity index (χ3v) is 4.39. The normalized spacial score (nSPS) is 13.1. The van der Waals surface area contributed by atoms with Gasteiger partial charge in [0.15, 0.2) is 0 Å². The van der Waals surface area contributed by atoms with Crippen LogP contribution in [0.2, 0.25) is 0 Å². The molecule has 130 valence electrons. The lowest BCUT2D eigenvalue weighted by Gasteiger charge is -2.29. The number of ether oxygens (including phenoxy) is 2. The molecule has 1 aliphatic rings. The van der Waals surface area contributed by atoms with Crippen LogP contribution in [0.25, 0.3) is 0 Å². The largest absolute Gasteiger partial charge is 0.497 e. The van der Waals surface area contributed by atoms with Crippen LogP contribution in [-0.4, -0.2) is 42.6 Å². The van der Waals surface area contributed by atoms with E-state index in [0.717, 1.165) is 11.1 Å². The van der Waals surface area contributed by atoms with E-state index in [2.05, 4.69) is 0 Å². The maximum atomic E-state index is 13.0. The molecule has 0 unspecified atom stereocenters.